The zero-order chi connectivity index (χ0) is 47.3. The number of methoxy groups -OCH3 is 4. The van der Waals surface area contributed by atoms with Crippen molar-refractivity contribution in [2.24, 2.45) is 0 Å². The number of carbonyl (C=O) groups excluding carboxylic acids is 2. The molecule has 2 saturated heterocycles. The number of carbonyl (C=O) groups is 2. The SMILES string of the molecule is C=CC(C)(CCC=C(C)COC1OC(COC(=O)C=Cc2cc(OC)c(O)c(OC)c2)C(O)C(O)C1O)OC1OC(COC(=O)C=Cc2cc(OC)c(O)c(OC)c2)C(O)C(O)C1O. The van der Waals surface area contributed by atoms with Crippen LogP contribution < -0.4 is 18.9 Å². The highest BCUT2D eigenvalue weighted by Gasteiger charge is 2.47. The van der Waals surface area contributed by atoms with Gasteiger partial charge in [0.15, 0.2) is 35.6 Å². The highest BCUT2D eigenvalue weighted by atomic mass is 16.7. The fourth-order valence-electron chi connectivity index (χ4n) is 6.47. The first kappa shape index (κ1) is 51.4. The number of hydrogen-bond donors (Lipinski definition) is 8. The van der Waals surface area contributed by atoms with E-state index in [0.29, 0.717) is 23.1 Å². The largest absolute Gasteiger partial charge is 0.502 e. The van der Waals surface area contributed by atoms with Crippen molar-refractivity contribution in [1.29, 1.82) is 0 Å². The fraction of sp³-hybridized carbons (Fsp3) is 0.500. The molecule has 2 fully saturated rings. The summed E-state index contributed by atoms with van der Waals surface area (Å²) in [5.41, 5.74) is 0.386. The van der Waals surface area contributed by atoms with E-state index in [2.05, 4.69) is 6.58 Å². The molecular weight excluding hydrogens is 848 g/mol. The van der Waals surface area contributed by atoms with Gasteiger partial charge in [0.2, 0.25) is 11.5 Å². The van der Waals surface area contributed by atoms with Crippen molar-refractivity contribution in [2.75, 3.05) is 48.3 Å². The third-order valence-electron chi connectivity index (χ3n) is 10.4. The first-order valence-corrected chi connectivity index (χ1v) is 20.0. The number of rotatable bonds is 21. The topological polar surface area (TPSA) is 288 Å². The lowest BCUT2D eigenvalue weighted by Crippen LogP contribution is -2.60. The van der Waals surface area contributed by atoms with Crippen LogP contribution in [0.2, 0.25) is 0 Å². The minimum absolute atomic E-state index is 0.0908. The second-order valence-corrected chi connectivity index (χ2v) is 15.0. The summed E-state index contributed by atoms with van der Waals surface area (Å²) in [6.45, 7) is 6.10. The van der Waals surface area contributed by atoms with Crippen molar-refractivity contribution in [3.8, 4) is 34.5 Å². The van der Waals surface area contributed by atoms with Gasteiger partial charge in [0.25, 0.3) is 0 Å². The van der Waals surface area contributed by atoms with Gasteiger partial charge < -0.3 is 88.2 Å². The molecule has 2 aliphatic rings. The van der Waals surface area contributed by atoms with Gasteiger partial charge in [0.1, 0.15) is 62.0 Å². The number of aliphatic hydroxyl groups is 6. The van der Waals surface area contributed by atoms with Crippen LogP contribution in [0.15, 0.2) is 60.7 Å². The molecular formula is C44H58O20. The number of phenolic OH excluding ortho intramolecular Hbond substituents is 2. The highest BCUT2D eigenvalue weighted by molar-refractivity contribution is 5.88. The summed E-state index contributed by atoms with van der Waals surface area (Å²) in [6.07, 6.45) is -6.68. The Bertz CT molecular complexity index is 1930. The molecule has 2 aromatic rings. The molecule has 2 aliphatic heterocycles. The van der Waals surface area contributed by atoms with Crippen LogP contribution in [-0.4, -0.2) is 168 Å². The molecule has 354 valence electrons. The van der Waals surface area contributed by atoms with E-state index in [0.717, 1.165) is 12.2 Å². The van der Waals surface area contributed by atoms with Gasteiger partial charge in [-0.2, -0.15) is 0 Å². The van der Waals surface area contributed by atoms with Crippen LogP contribution >= 0.6 is 0 Å². The van der Waals surface area contributed by atoms with Gasteiger partial charge in [-0.15, -0.1) is 6.58 Å². The van der Waals surface area contributed by atoms with E-state index in [-0.39, 0.29) is 47.5 Å². The van der Waals surface area contributed by atoms with E-state index in [1.807, 2.05) is 0 Å². The Morgan fingerprint density at radius 2 is 1.08 bits per heavy atom. The summed E-state index contributed by atoms with van der Waals surface area (Å²) in [7, 11) is 5.41. The van der Waals surface area contributed by atoms with Crippen molar-refractivity contribution >= 4 is 24.1 Å². The Hall–Kier alpha value is -5.26. The van der Waals surface area contributed by atoms with Crippen LogP contribution in [-0.2, 0) is 38.0 Å². The first-order valence-electron chi connectivity index (χ1n) is 20.0. The molecule has 0 spiro atoms. The lowest BCUT2D eigenvalue weighted by molar-refractivity contribution is -0.320. The minimum Gasteiger partial charge on any atom is -0.502 e. The van der Waals surface area contributed by atoms with Crippen LogP contribution in [0.25, 0.3) is 12.2 Å². The second-order valence-electron chi connectivity index (χ2n) is 15.0. The van der Waals surface area contributed by atoms with Gasteiger partial charge in [0, 0.05) is 12.2 Å². The normalized spacial score (nSPS) is 27.2. The second kappa shape index (κ2) is 23.6. The third kappa shape index (κ3) is 13.4. The smallest absolute Gasteiger partial charge is 0.330 e. The predicted molar refractivity (Wildman–Crippen MR) is 224 cm³/mol. The minimum atomic E-state index is -1.73. The average Bonchev–Trinajstić information content (AvgIpc) is 3.29. The molecule has 2 aromatic carbocycles. The molecule has 11 atom stereocenters. The van der Waals surface area contributed by atoms with Crippen molar-refractivity contribution in [3.05, 3.63) is 71.8 Å². The van der Waals surface area contributed by atoms with E-state index in [1.165, 1.54) is 70.9 Å². The van der Waals surface area contributed by atoms with Crippen LogP contribution in [0.5, 0.6) is 34.5 Å². The molecule has 64 heavy (non-hydrogen) atoms. The molecule has 4 rings (SSSR count). The number of ether oxygens (including phenoxy) is 10. The molecule has 20 nitrogen and oxygen atoms in total. The van der Waals surface area contributed by atoms with E-state index >= 15 is 0 Å². The zero-order valence-electron chi connectivity index (χ0n) is 36.3. The summed E-state index contributed by atoms with van der Waals surface area (Å²) in [6, 6.07) is 5.86. The van der Waals surface area contributed by atoms with E-state index in [9.17, 15) is 50.4 Å². The number of aromatic hydroxyl groups is 2. The Kier molecular flexibility index (Phi) is 18.9. The van der Waals surface area contributed by atoms with Crippen LogP contribution in [0.3, 0.4) is 0 Å². The maximum atomic E-state index is 12.6. The Balaban J connectivity index is 1.27. The molecule has 0 amide bonds. The molecule has 0 saturated carbocycles. The van der Waals surface area contributed by atoms with Crippen LogP contribution in [0.4, 0.5) is 0 Å². The maximum absolute atomic E-state index is 12.6. The summed E-state index contributed by atoms with van der Waals surface area (Å²) in [5.74, 6) is -1.63. The van der Waals surface area contributed by atoms with Gasteiger partial charge in [-0.1, -0.05) is 17.7 Å². The molecule has 20 heteroatoms. The number of aliphatic hydroxyl groups excluding tert-OH is 6. The summed E-state index contributed by atoms with van der Waals surface area (Å²) in [5, 5.41) is 83.8. The van der Waals surface area contributed by atoms with Crippen LogP contribution in [0, 0.1) is 0 Å². The van der Waals surface area contributed by atoms with Crippen molar-refractivity contribution in [2.45, 2.75) is 93.7 Å². The standard InChI is InChI=1S/C44H58O20/c1-8-44(3,64-43-41(54)39(52)37(50)31(63-43)22-60-33(46)14-12-25-18-28(57-6)35(48)29(19-25)58-7)15-9-10-23(2)20-61-42-40(53)38(51)36(49)30(62-42)21-59-32(45)13-11-24-16-26(55-4)34(47)27(17-24)56-5/h8,10-14,16-19,30-31,36-43,47-54H,1,9,15,20-22H2,2-7H3. The number of hydrogen-bond acceptors (Lipinski definition) is 20. The zero-order valence-corrected chi connectivity index (χ0v) is 36.3. The summed E-state index contributed by atoms with van der Waals surface area (Å²) >= 11 is 0. The molecule has 0 radical (unpaired) electrons. The molecule has 0 aromatic heterocycles. The quantitative estimate of drug-likeness (QED) is 0.0497. The van der Waals surface area contributed by atoms with Crippen molar-refractivity contribution in [1.82, 2.24) is 0 Å². The maximum Gasteiger partial charge on any atom is 0.330 e. The molecule has 2 heterocycles. The summed E-state index contributed by atoms with van der Waals surface area (Å²) < 4.78 is 54.1. The fourth-order valence-corrected chi connectivity index (χ4v) is 6.47. The van der Waals surface area contributed by atoms with Gasteiger partial charge in [-0.25, -0.2) is 9.59 Å². The van der Waals surface area contributed by atoms with Crippen molar-refractivity contribution in [3.63, 3.8) is 0 Å². The number of phenols is 2. The molecule has 0 bridgehead atoms. The van der Waals surface area contributed by atoms with Gasteiger partial charge in [-0.3, -0.25) is 0 Å². The van der Waals surface area contributed by atoms with Gasteiger partial charge >= 0.3 is 11.9 Å². The summed E-state index contributed by atoms with van der Waals surface area (Å²) in [4.78, 5) is 25.1. The Morgan fingerprint density at radius 1 is 0.672 bits per heavy atom. The van der Waals surface area contributed by atoms with E-state index in [4.69, 9.17) is 47.4 Å². The van der Waals surface area contributed by atoms with Gasteiger partial charge in [0.05, 0.1) is 40.6 Å². The lowest BCUT2D eigenvalue weighted by atomic mass is 9.96. The molecule has 8 N–H and O–H groups in total. The number of benzene rings is 2. The highest BCUT2D eigenvalue weighted by Crippen LogP contribution is 2.39. The van der Waals surface area contributed by atoms with Gasteiger partial charge in [-0.05, 0) is 74.2 Å². The lowest BCUT2D eigenvalue weighted by Gasteiger charge is -2.43. The molecule has 11 unspecified atom stereocenters. The number of esters is 2. The number of allylic oxidation sites excluding steroid dienone is 1. The molecule has 0 aliphatic carbocycles. The monoisotopic (exact) mass is 906 g/mol. The first-order chi connectivity index (χ1) is 30.4. The van der Waals surface area contributed by atoms with E-state index in [1.54, 1.807) is 19.9 Å². The predicted octanol–water partition coefficient (Wildman–Crippen LogP) is 1.26. The Morgan fingerprint density at radius 3 is 1.48 bits per heavy atom. The Labute approximate surface area is 369 Å². The van der Waals surface area contributed by atoms with Crippen molar-refractivity contribution < 1.29 is 97.8 Å². The average molecular weight is 907 g/mol. The van der Waals surface area contributed by atoms with E-state index < -0.39 is 92.2 Å². The third-order valence-corrected chi connectivity index (χ3v) is 10.4. The van der Waals surface area contributed by atoms with Crippen LogP contribution in [0.1, 0.15) is 37.8 Å².